The summed E-state index contributed by atoms with van der Waals surface area (Å²) in [6.07, 6.45) is 0. The largest absolute Gasteiger partial charge is 0.423 e. The third kappa shape index (κ3) is 2.27. The van der Waals surface area contributed by atoms with Gasteiger partial charge in [-0.15, -0.1) is 0 Å². The molecule has 4 heterocycles. The smallest absolute Gasteiger partial charge is 0.336 e. The van der Waals surface area contributed by atoms with Crippen molar-refractivity contribution in [3.05, 3.63) is 45.3 Å². The molecule has 1 aromatic carbocycles. The standard InChI is InChI=1S/C18H23N2O2/c1-13-9-16-15(11-18(21)22-17(16)10-14(13)2)12-20-6-3-19(4-7-20)5-8-20/h9-11H,3-8,12H2,1-2H3/q+1. The fraction of sp³-hybridized carbons (Fsp3) is 0.500. The Balaban J connectivity index is 1.80. The van der Waals surface area contributed by atoms with Gasteiger partial charge in [0.15, 0.2) is 0 Å². The third-order valence-corrected chi connectivity index (χ3v) is 5.62. The molecule has 0 amide bonds. The molecule has 0 N–H and O–H groups in total. The van der Waals surface area contributed by atoms with Crippen molar-refractivity contribution >= 4 is 11.0 Å². The van der Waals surface area contributed by atoms with E-state index >= 15 is 0 Å². The van der Waals surface area contributed by atoms with Gasteiger partial charge in [-0.05, 0) is 37.1 Å². The van der Waals surface area contributed by atoms with Crippen LogP contribution in [0.2, 0.25) is 0 Å². The van der Waals surface area contributed by atoms with E-state index in [4.69, 9.17) is 4.42 Å². The number of nitrogens with zero attached hydrogens (tertiary/aromatic N) is 2. The average Bonchev–Trinajstić information content (AvgIpc) is 2.51. The Morgan fingerprint density at radius 1 is 1.05 bits per heavy atom. The van der Waals surface area contributed by atoms with Gasteiger partial charge in [0, 0.05) is 36.7 Å². The first-order valence-electron chi connectivity index (χ1n) is 8.16. The van der Waals surface area contributed by atoms with Crippen molar-refractivity contribution in [2.45, 2.75) is 20.4 Å². The molecule has 0 saturated carbocycles. The summed E-state index contributed by atoms with van der Waals surface area (Å²) in [6, 6.07) is 5.90. The van der Waals surface area contributed by atoms with Crippen LogP contribution in [-0.2, 0) is 6.54 Å². The molecule has 3 fully saturated rings. The summed E-state index contributed by atoms with van der Waals surface area (Å²) in [5.74, 6) is 0. The number of aryl methyl sites for hydroxylation is 2. The molecule has 0 atom stereocenters. The molecule has 3 aliphatic heterocycles. The monoisotopic (exact) mass is 299 g/mol. The fourth-order valence-corrected chi connectivity index (χ4v) is 3.94. The first-order valence-corrected chi connectivity index (χ1v) is 8.16. The summed E-state index contributed by atoms with van der Waals surface area (Å²) in [4.78, 5) is 14.5. The highest BCUT2D eigenvalue weighted by Crippen LogP contribution is 2.27. The minimum Gasteiger partial charge on any atom is -0.423 e. The van der Waals surface area contributed by atoms with Gasteiger partial charge in [-0.1, -0.05) is 0 Å². The number of piperazine rings is 3. The quantitative estimate of drug-likeness (QED) is 0.629. The average molecular weight is 299 g/mol. The van der Waals surface area contributed by atoms with Crippen molar-refractivity contribution in [1.29, 1.82) is 0 Å². The number of hydrogen-bond donors (Lipinski definition) is 0. The molecule has 1 aromatic heterocycles. The fourth-order valence-electron chi connectivity index (χ4n) is 3.94. The van der Waals surface area contributed by atoms with Crippen molar-refractivity contribution in [1.82, 2.24) is 4.90 Å². The Hall–Kier alpha value is -1.65. The van der Waals surface area contributed by atoms with Gasteiger partial charge in [0.25, 0.3) is 0 Å². The predicted octanol–water partition coefficient (Wildman–Crippen LogP) is 2.06. The lowest BCUT2D eigenvalue weighted by Gasteiger charge is -2.50. The van der Waals surface area contributed by atoms with Crippen molar-refractivity contribution in [3.8, 4) is 0 Å². The zero-order valence-electron chi connectivity index (χ0n) is 13.4. The summed E-state index contributed by atoms with van der Waals surface area (Å²) >= 11 is 0. The predicted molar refractivity (Wildman–Crippen MR) is 87.0 cm³/mol. The second-order valence-corrected chi connectivity index (χ2v) is 7.04. The Labute approximate surface area is 130 Å². The molecule has 2 aromatic rings. The SMILES string of the molecule is Cc1cc2oc(=O)cc(C[N+]34CCN(CC3)CC4)c2cc1C. The summed E-state index contributed by atoms with van der Waals surface area (Å²) in [5.41, 5.74) is 4.10. The lowest BCUT2D eigenvalue weighted by molar-refractivity contribution is -0.953. The van der Waals surface area contributed by atoms with Gasteiger partial charge < -0.3 is 8.90 Å². The van der Waals surface area contributed by atoms with E-state index < -0.39 is 0 Å². The summed E-state index contributed by atoms with van der Waals surface area (Å²) < 4.78 is 6.56. The molecule has 116 valence electrons. The lowest BCUT2D eigenvalue weighted by atomic mass is 10.0. The highest BCUT2D eigenvalue weighted by atomic mass is 16.4. The molecule has 4 heteroatoms. The summed E-state index contributed by atoms with van der Waals surface area (Å²) in [5, 5.41) is 1.11. The molecule has 0 aliphatic carbocycles. The summed E-state index contributed by atoms with van der Waals surface area (Å²) in [7, 11) is 0. The van der Waals surface area contributed by atoms with Crippen LogP contribution >= 0.6 is 0 Å². The second-order valence-electron chi connectivity index (χ2n) is 7.04. The highest BCUT2D eigenvalue weighted by molar-refractivity contribution is 5.81. The Morgan fingerprint density at radius 3 is 2.36 bits per heavy atom. The van der Waals surface area contributed by atoms with Crippen LogP contribution in [0.4, 0.5) is 0 Å². The zero-order valence-corrected chi connectivity index (χ0v) is 13.4. The minimum atomic E-state index is -0.223. The van der Waals surface area contributed by atoms with Gasteiger partial charge in [0.1, 0.15) is 12.1 Å². The topological polar surface area (TPSA) is 33.5 Å². The number of quaternary nitrogens is 1. The first kappa shape index (κ1) is 14.0. The third-order valence-electron chi connectivity index (χ3n) is 5.62. The highest BCUT2D eigenvalue weighted by Gasteiger charge is 2.38. The van der Waals surface area contributed by atoms with Crippen LogP contribution < -0.4 is 5.63 Å². The maximum atomic E-state index is 12.0. The zero-order chi connectivity index (χ0) is 15.3. The van der Waals surface area contributed by atoms with Crippen molar-refractivity contribution in [2.24, 2.45) is 0 Å². The van der Waals surface area contributed by atoms with Crippen LogP contribution in [0.25, 0.3) is 11.0 Å². The Kier molecular flexibility index (Phi) is 3.13. The molecular formula is C18H23N2O2+. The van der Waals surface area contributed by atoms with Gasteiger partial charge in [0.2, 0.25) is 0 Å². The maximum absolute atomic E-state index is 12.0. The van der Waals surface area contributed by atoms with Crippen molar-refractivity contribution in [2.75, 3.05) is 39.3 Å². The molecule has 0 radical (unpaired) electrons. The van der Waals surface area contributed by atoms with Crippen LogP contribution in [0.5, 0.6) is 0 Å². The van der Waals surface area contributed by atoms with Crippen LogP contribution in [0.15, 0.2) is 27.4 Å². The Morgan fingerprint density at radius 2 is 1.68 bits per heavy atom. The molecule has 2 bridgehead atoms. The van der Waals surface area contributed by atoms with Gasteiger partial charge in [-0.3, -0.25) is 4.90 Å². The molecule has 3 saturated heterocycles. The van der Waals surface area contributed by atoms with Gasteiger partial charge >= 0.3 is 5.63 Å². The minimum absolute atomic E-state index is 0.223. The van der Waals surface area contributed by atoms with Gasteiger partial charge in [-0.25, -0.2) is 4.79 Å². The van der Waals surface area contributed by atoms with E-state index in [1.54, 1.807) is 6.07 Å². The summed E-state index contributed by atoms with van der Waals surface area (Å²) in [6.45, 7) is 12.3. The van der Waals surface area contributed by atoms with E-state index in [0.29, 0.717) is 0 Å². The number of rotatable bonds is 2. The molecular weight excluding hydrogens is 276 g/mol. The molecule has 0 unspecified atom stereocenters. The first-order chi connectivity index (χ1) is 10.5. The van der Waals surface area contributed by atoms with Crippen LogP contribution in [-0.4, -0.2) is 48.7 Å². The van der Waals surface area contributed by atoms with E-state index in [0.717, 1.165) is 27.6 Å². The van der Waals surface area contributed by atoms with E-state index in [2.05, 4.69) is 24.8 Å². The van der Waals surface area contributed by atoms with Crippen LogP contribution in [0, 0.1) is 13.8 Å². The molecule has 22 heavy (non-hydrogen) atoms. The van der Waals surface area contributed by atoms with Crippen molar-refractivity contribution in [3.63, 3.8) is 0 Å². The van der Waals surface area contributed by atoms with E-state index in [-0.39, 0.29) is 5.63 Å². The number of benzene rings is 1. The molecule has 3 aliphatic rings. The normalized spacial score (nSPS) is 27.5. The number of fused-ring (bicyclic) bond motifs is 4. The van der Waals surface area contributed by atoms with Gasteiger partial charge in [-0.2, -0.15) is 0 Å². The van der Waals surface area contributed by atoms with Gasteiger partial charge in [0.05, 0.1) is 19.6 Å². The molecule has 0 spiro atoms. The molecule has 4 nitrogen and oxygen atoms in total. The lowest BCUT2D eigenvalue weighted by Crippen LogP contribution is -2.66. The number of hydrogen-bond acceptors (Lipinski definition) is 3. The van der Waals surface area contributed by atoms with Crippen LogP contribution in [0.3, 0.4) is 0 Å². The van der Waals surface area contributed by atoms with Crippen molar-refractivity contribution < 1.29 is 8.90 Å². The van der Waals surface area contributed by atoms with Crippen LogP contribution in [0.1, 0.15) is 16.7 Å². The Bertz CT molecular complexity index is 772. The maximum Gasteiger partial charge on any atom is 0.336 e. The molecule has 5 rings (SSSR count). The van der Waals surface area contributed by atoms with E-state index in [1.165, 1.54) is 50.4 Å². The van der Waals surface area contributed by atoms with E-state index in [9.17, 15) is 4.79 Å². The van der Waals surface area contributed by atoms with E-state index in [1.807, 2.05) is 6.07 Å². The second kappa shape index (κ2) is 4.93.